The van der Waals surface area contributed by atoms with Crippen LogP contribution in [0.4, 0.5) is 0 Å². The Morgan fingerprint density at radius 3 is 2.62 bits per heavy atom. The van der Waals surface area contributed by atoms with E-state index < -0.39 is 0 Å². The fraction of sp³-hybridized carbons (Fsp3) is 0.923. The number of hydrogen-bond donors (Lipinski definition) is 0. The fourth-order valence-electron chi connectivity index (χ4n) is 2.41. The molecule has 2 atom stereocenters. The van der Waals surface area contributed by atoms with Crippen molar-refractivity contribution in [2.24, 2.45) is 11.8 Å². The molecule has 2 rings (SSSR count). The van der Waals surface area contributed by atoms with E-state index in [1.165, 1.54) is 12.8 Å². The first-order valence-electron chi connectivity index (χ1n) is 6.35. The van der Waals surface area contributed by atoms with Gasteiger partial charge in [-0.2, -0.15) is 0 Å². The van der Waals surface area contributed by atoms with E-state index in [1.54, 1.807) is 0 Å². The maximum Gasteiger partial charge on any atom is 0.226 e. The number of nitrogens with zero attached hydrogens (tertiary/aromatic N) is 1. The molecule has 0 aromatic rings. The van der Waals surface area contributed by atoms with Crippen LogP contribution in [0.25, 0.3) is 0 Å². The summed E-state index contributed by atoms with van der Waals surface area (Å²) in [5.41, 5.74) is -0.146. The SMILES string of the molecule is CC1CN(C(=O)C(C)C2CC2)C(C)(C)CO1. The first-order valence-corrected chi connectivity index (χ1v) is 6.35. The Morgan fingerprint density at radius 1 is 1.44 bits per heavy atom. The number of hydrogen-bond acceptors (Lipinski definition) is 2. The molecule has 1 saturated carbocycles. The molecule has 3 nitrogen and oxygen atoms in total. The zero-order valence-electron chi connectivity index (χ0n) is 10.8. The van der Waals surface area contributed by atoms with Crippen molar-refractivity contribution in [1.29, 1.82) is 0 Å². The molecular formula is C13H23NO2. The second kappa shape index (κ2) is 4.02. The summed E-state index contributed by atoms with van der Waals surface area (Å²) >= 11 is 0. The van der Waals surface area contributed by atoms with Crippen LogP contribution in [-0.2, 0) is 9.53 Å². The third kappa shape index (κ3) is 2.24. The van der Waals surface area contributed by atoms with Gasteiger partial charge >= 0.3 is 0 Å². The molecule has 1 saturated heterocycles. The smallest absolute Gasteiger partial charge is 0.226 e. The van der Waals surface area contributed by atoms with E-state index in [1.807, 2.05) is 11.8 Å². The Morgan fingerprint density at radius 2 is 2.06 bits per heavy atom. The minimum absolute atomic E-state index is 0.146. The summed E-state index contributed by atoms with van der Waals surface area (Å²) in [6.07, 6.45) is 2.63. The second-order valence-electron chi connectivity index (χ2n) is 6.01. The lowest BCUT2D eigenvalue weighted by atomic mass is 9.96. The van der Waals surface area contributed by atoms with E-state index in [2.05, 4.69) is 20.8 Å². The molecule has 3 heteroatoms. The minimum atomic E-state index is -0.146. The molecule has 0 spiro atoms. The van der Waals surface area contributed by atoms with Gasteiger partial charge in [0.05, 0.1) is 18.2 Å². The molecule has 1 amide bonds. The first kappa shape index (κ1) is 11.9. The van der Waals surface area contributed by atoms with Gasteiger partial charge in [0.1, 0.15) is 0 Å². The molecule has 0 aromatic carbocycles. The van der Waals surface area contributed by atoms with Crippen molar-refractivity contribution in [3.8, 4) is 0 Å². The van der Waals surface area contributed by atoms with E-state index in [4.69, 9.17) is 4.74 Å². The maximum atomic E-state index is 12.4. The summed E-state index contributed by atoms with van der Waals surface area (Å²) in [5.74, 6) is 1.16. The van der Waals surface area contributed by atoms with Crippen molar-refractivity contribution in [1.82, 2.24) is 4.90 Å². The van der Waals surface area contributed by atoms with Crippen LogP contribution in [0.15, 0.2) is 0 Å². The van der Waals surface area contributed by atoms with Crippen LogP contribution in [0.2, 0.25) is 0 Å². The van der Waals surface area contributed by atoms with Gasteiger partial charge in [-0.25, -0.2) is 0 Å². The summed E-state index contributed by atoms with van der Waals surface area (Å²) in [4.78, 5) is 14.4. The lowest BCUT2D eigenvalue weighted by Crippen LogP contribution is -2.59. The quantitative estimate of drug-likeness (QED) is 0.720. The summed E-state index contributed by atoms with van der Waals surface area (Å²) in [6, 6.07) is 0. The average molecular weight is 225 g/mol. The van der Waals surface area contributed by atoms with Crippen molar-refractivity contribution >= 4 is 5.91 Å². The number of rotatable bonds is 2. The highest BCUT2D eigenvalue weighted by Crippen LogP contribution is 2.38. The normalized spacial score (nSPS) is 31.2. The fourth-order valence-corrected chi connectivity index (χ4v) is 2.41. The van der Waals surface area contributed by atoms with Crippen LogP contribution in [0.5, 0.6) is 0 Å². The highest BCUT2D eigenvalue weighted by molar-refractivity contribution is 5.80. The number of ether oxygens (including phenoxy) is 1. The number of carbonyl (C=O) groups excluding carboxylic acids is 1. The van der Waals surface area contributed by atoms with Gasteiger partial charge in [0.15, 0.2) is 0 Å². The van der Waals surface area contributed by atoms with E-state index >= 15 is 0 Å². The summed E-state index contributed by atoms with van der Waals surface area (Å²) < 4.78 is 5.64. The van der Waals surface area contributed by atoms with Crippen LogP contribution in [-0.4, -0.2) is 35.6 Å². The van der Waals surface area contributed by atoms with Gasteiger partial charge in [-0.1, -0.05) is 6.92 Å². The van der Waals surface area contributed by atoms with Gasteiger partial charge in [0.2, 0.25) is 5.91 Å². The lowest BCUT2D eigenvalue weighted by Gasteiger charge is -2.45. The zero-order chi connectivity index (χ0) is 11.9. The molecule has 1 aliphatic heterocycles. The topological polar surface area (TPSA) is 29.5 Å². The number of morpholine rings is 1. The van der Waals surface area contributed by atoms with Gasteiger partial charge in [-0.15, -0.1) is 0 Å². The van der Waals surface area contributed by atoms with Crippen molar-refractivity contribution < 1.29 is 9.53 Å². The first-order chi connectivity index (χ1) is 7.42. The summed E-state index contributed by atoms with van der Waals surface area (Å²) in [6.45, 7) is 9.69. The second-order valence-corrected chi connectivity index (χ2v) is 6.01. The predicted octanol–water partition coefficient (Wildman–Crippen LogP) is 2.06. The Kier molecular flexibility index (Phi) is 2.99. The van der Waals surface area contributed by atoms with E-state index in [-0.39, 0.29) is 17.6 Å². The molecule has 16 heavy (non-hydrogen) atoms. The molecule has 0 aromatic heterocycles. The van der Waals surface area contributed by atoms with Gasteiger partial charge in [-0.05, 0) is 39.5 Å². The largest absolute Gasteiger partial charge is 0.374 e. The van der Waals surface area contributed by atoms with Crippen LogP contribution in [0, 0.1) is 11.8 Å². The average Bonchev–Trinajstić information content (AvgIpc) is 3.03. The minimum Gasteiger partial charge on any atom is -0.374 e. The molecule has 92 valence electrons. The molecule has 2 fully saturated rings. The zero-order valence-corrected chi connectivity index (χ0v) is 10.8. The molecule has 0 radical (unpaired) electrons. The monoisotopic (exact) mass is 225 g/mol. The van der Waals surface area contributed by atoms with Gasteiger partial charge < -0.3 is 9.64 Å². The van der Waals surface area contributed by atoms with Crippen molar-refractivity contribution in [3.05, 3.63) is 0 Å². The highest BCUT2D eigenvalue weighted by atomic mass is 16.5. The summed E-state index contributed by atoms with van der Waals surface area (Å²) in [5, 5.41) is 0. The van der Waals surface area contributed by atoms with Crippen molar-refractivity contribution in [2.45, 2.75) is 52.2 Å². The molecular weight excluding hydrogens is 202 g/mol. The van der Waals surface area contributed by atoms with Gasteiger partial charge in [0.25, 0.3) is 0 Å². The van der Waals surface area contributed by atoms with Crippen molar-refractivity contribution in [2.75, 3.05) is 13.2 Å². The van der Waals surface area contributed by atoms with Gasteiger partial charge in [0, 0.05) is 12.5 Å². The van der Waals surface area contributed by atoms with Gasteiger partial charge in [-0.3, -0.25) is 4.79 Å². The molecule has 1 heterocycles. The van der Waals surface area contributed by atoms with Crippen LogP contribution < -0.4 is 0 Å². The highest BCUT2D eigenvalue weighted by Gasteiger charge is 2.42. The molecule has 0 bridgehead atoms. The van der Waals surface area contributed by atoms with E-state index in [0.29, 0.717) is 18.4 Å². The molecule has 2 aliphatic rings. The van der Waals surface area contributed by atoms with E-state index in [0.717, 1.165) is 6.54 Å². The van der Waals surface area contributed by atoms with Crippen LogP contribution in [0.1, 0.15) is 40.5 Å². The standard InChI is InChI=1S/C13H23NO2/c1-9-7-14(13(3,4)8-16-9)12(15)10(2)11-5-6-11/h9-11H,5-8H2,1-4H3. The predicted molar refractivity (Wildman–Crippen MR) is 63.1 cm³/mol. The third-order valence-electron chi connectivity index (χ3n) is 3.88. The summed E-state index contributed by atoms with van der Waals surface area (Å²) in [7, 11) is 0. The molecule has 2 unspecified atom stereocenters. The molecule has 0 N–H and O–H groups in total. The van der Waals surface area contributed by atoms with Crippen LogP contribution in [0.3, 0.4) is 0 Å². The molecule has 1 aliphatic carbocycles. The number of carbonyl (C=O) groups is 1. The Labute approximate surface area is 98.1 Å². The Balaban J connectivity index is 2.07. The van der Waals surface area contributed by atoms with Crippen LogP contribution >= 0.6 is 0 Å². The maximum absolute atomic E-state index is 12.4. The lowest BCUT2D eigenvalue weighted by molar-refractivity contribution is -0.157. The Bertz CT molecular complexity index is 284. The third-order valence-corrected chi connectivity index (χ3v) is 3.88. The van der Waals surface area contributed by atoms with E-state index in [9.17, 15) is 4.79 Å². The number of amides is 1. The Hall–Kier alpha value is -0.570. The van der Waals surface area contributed by atoms with Crippen molar-refractivity contribution in [3.63, 3.8) is 0 Å².